The highest BCUT2D eigenvalue weighted by atomic mass is 35.5. The smallest absolute Gasteiger partial charge is 0.435 e. The lowest BCUT2D eigenvalue weighted by Gasteiger charge is -2.24. The number of aryl methyl sites for hydroxylation is 1. The van der Waals surface area contributed by atoms with E-state index in [1.807, 2.05) is 5.32 Å². The van der Waals surface area contributed by atoms with Gasteiger partial charge in [-0.05, 0) is 49.1 Å². The van der Waals surface area contributed by atoms with Crippen molar-refractivity contribution in [2.24, 2.45) is 5.92 Å². The molecule has 3 N–H and O–H groups in total. The molecule has 0 spiro atoms. The number of amides is 3. The van der Waals surface area contributed by atoms with Crippen molar-refractivity contribution in [1.29, 1.82) is 0 Å². The van der Waals surface area contributed by atoms with Crippen LogP contribution in [-0.4, -0.2) is 83.3 Å². The number of halogens is 11. The maximum Gasteiger partial charge on any atom is 0.435 e. The number of carboxylic acids is 1. The molecule has 27 heteroatoms. The third-order valence-electron chi connectivity index (χ3n) is 10.3. The minimum atomic E-state index is -5.19. The van der Waals surface area contributed by atoms with E-state index in [-0.39, 0.29) is 44.2 Å². The van der Waals surface area contributed by atoms with Gasteiger partial charge in [-0.2, -0.15) is 49.6 Å². The highest BCUT2D eigenvalue weighted by Crippen LogP contribution is 2.50. The van der Waals surface area contributed by atoms with E-state index >= 15 is 8.78 Å². The van der Waals surface area contributed by atoms with Gasteiger partial charge in [-0.1, -0.05) is 37.6 Å². The van der Waals surface area contributed by atoms with Crippen LogP contribution in [0.2, 0.25) is 5.02 Å². The van der Waals surface area contributed by atoms with E-state index in [2.05, 4.69) is 20.5 Å². The highest BCUT2D eigenvalue weighted by Gasteiger charge is 2.54. The largest absolute Gasteiger partial charge is 0.474 e. The number of aliphatic carboxylic acids is 1. The summed E-state index contributed by atoms with van der Waals surface area (Å²) in [6.45, 7) is -1.75. The summed E-state index contributed by atoms with van der Waals surface area (Å²) in [6.07, 6.45) is -11.9. The zero-order chi connectivity index (χ0) is 49.5. The molecule has 67 heavy (non-hydrogen) atoms. The Morgan fingerprint density at radius 2 is 1.67 bits per heavy atom. The van der Waals surface area contributed by atoms with Crippen LogP contribution in [0.4, 0.5) is 54.5 Å². The first-order valence-corrected chi connectivity index (χ1v) is 21.5. The van der Waals surface area contributed by atoms with E-state index in [1.54, 1.807) is 6.92 Å². The van der Waals surface area contributed by atoms with Crippen LogP contribution >= 0.6 is 11.6 Å². The molecular weight excluding hydrogens is 962 g/mol. The van der Waals surface area contributed by atoms with Gasteiger partial charge in [0, 0.05) is 40.6 Å². The maximum atomic E-state index is 15.4. The fourth-order valence-corrected chi connectivity index (χ4v) is 8.37. The molecule has 360 valence electrons. The molecule has 0 saturated carbocycles. The number of hydrogen-bond acceptors (Lipinski definition) is 9. The Morgan fingerprint density at radius 1 is 1.01 bits per heavy atom. The summed E-state index contributed by atoms with van der Waals surface area (Å²) in [5.41, 5.74) is -4.54. The van der Waals surface area contributed by atoms with Gasteiger partial charge in [-0.15, -0.1) is 0 Å². The molecule has 15 nitrogen and oxygen atoms in total. The van der Waals surface area contributed by atoms with Crippen LogP contribution in [0.3, 0.4) is 0 Å². The Bertz CT molecular complexity index is 2780. The van der Waals surface area contributed by atoms with Gasteiger partial charge in [0.2, 0.25) is 5.91 Å². The number of carboxylic acid groups (broad SMARTS) is 1. The topological polar surface area (TPSA) is 191 Å². The van der Waals surface area contributed by atoms with Gasteiger partial charge in [0.1, 0.15) is 48.0 Å². The van der Waals surface area contributed by atoms with E-state index < -0.39 is 149 Å². The van der Waals surface area contributed by atoms with Gasteiger partial charge in [-0.3, -0.25) is 23.9 Å². The predicted octanol–water partition coefficient (Wildman–Crippen LogP) is 7.19. The van der Waals surface area contributed by atoms with E-state index in [1.165, 1.54) is 18.2 Å². The van der Waals surface area contributed by atoms with Crippen LogP contribution in [0.5, 0.6) is 0 Å². The summed E-state index contributed by atoms with van der Waals surface area (Å²) in [5.74, 6) is -13.0. The number of anilines is 1. The summed E-state index contributed by atoms with van der Waals surface area (Å²) < 4.78 is 164. The molecule has 0 radical (unpaired) electrons. The van der Waals surface area contributed by atoms with Crippen molar-refractivity contribution in [2.45, 2.75) is 70.5 Å². The fraction of sp³-hybridized carbons (Fsp3) is 0.375. The SMILES string of the molecule is CCc1ccc(-c2ccc(Cl)c3c(N(C(=O)OCCNC(=O)C(=O)O)S(C)=O)nn(CC(F)(F)F)c23)c(C(Cc2cc(F)cc(F)c2)NC(=O)Cn2nc(C(F)(F)F)c3c2C(F)(F)[C@H](C)C3)n1. The van der Waals surface area contributed by atoms with E-state index in [0.29, 0.717) is 15.1 Å². The molecule has 2 aromatic carbocycles. The van der Waals surface area contributed by atoms with Crippen LogP contribution in [0, 0.1) is 17.6 Å². The molecule has 0 fully saturated rings. The molecular formula is C40H35ClF10N8O7S. The molecule has 0 saturated heterocycles. The second-order valence-corrected chi connectivity index (χ2v) is 16.7. The Hall–Kier alpha value is -6.31. The summed E-state index contributed by atoms with van der Waals surface area (Å²) in [5, 5.41) is 19.7. The minimum Gasteiger partial charge on any atom is -0.474 e. The van der Waals surface area contributed by atoms with Gasteiger partial charge in [-0.25, -0.2) is 22.6 Å². The number of pyridine rings is 1. The van der Waals surface area contributed by atoms with E-state index in [0.717, 1.165) is 31.4 Å². The monoisotopic (exact) mass is 996 g/mol. The number of carbonyl (C=O) groups is 4. The number of benzene rings is 2. The van der Waals surface area contributed by atoms with Gasteiger partial charge < -0.3 is 20.5 Å². The first kappa shape index (κ1) is 50.1. The number of nitrogens with one attached hydrogen (secondary N) is 2. The van der Waals surface area contributed by atoms with Crippen molar-refractivity contribution in [3.8, 4) is 11.1 Å². The van der Waals surface area contributed by atoms with Crippen molar-refractivity contribution >= 4 is 63.2 Å². The number of hydrogen-bond donors (Lipinski definition) is 3. The number of carbonyl (C=O) groups excluding carboxylic acids is 3. The third-order valence-corrected chi connectivity index (χ3v) is 11.4. The second-order valence-electron chi connectivity index (χ2n) is 15.1. The summed E-state index contributed by atoms with van der Waals surface area (Å²) in [6, 6.07) is 5.78. The first-order chi connectivity index (χ1) is 31.2. The molecule has 3 aromatic heterocycles. The van der Waals surface area contributed by atoms with E-state index in [9.17, 15) is 58.5 Å². The Kier molecular flexibility index (Phi) is 14.3. The number of rotatable bonds is 14. The third kappa shape index (κ3) is 10.8. The molecule has 0 aliphatic heterocycles. The van der Waals surface area contributed by atoms with Crippen LogP contribution in [0.15, 0.2) is 42.5 Å². The number of fused-ring (bicyclic) bond motifs is 2. The van der Waals surface area contributed by atoms with Gasteiger partial charge in [0.05, 0.1) is 34.2 Å². The van der Waals surface area contributed by atoms with Crippen LogP contribution in [0.25, 0.3) is 22.0 Å². The van der Waals surface area contributed by atoms with Crippen LogP contribution in [-0.2, 0) is 74.6 Å². The fourth-order valence-electron chi connectivity index (χ4n) is 7.50. The number of nitrogens with zero attached hydrogens (tertiary/aromatic N) is 6. The normalized spacial score (nSPS) is 15.5. The lowest BCUT2D eigenvalue weighted by molar-refractivity contribution is -0.150. The average molecular weight is 997 g/mol. The van der Waals surface area contributed by atoms with Gasteiger partial charge in [0.25, 0.3) is 5.92 Å². The molecule has 2 unspecified atom stereocenters. The van der Waals surface area contributed by atoms with Crippen molar-refractivity contribution in [1.82, 2.24) is 35.2 Å². The van der Waals surface area contributed by atoms with Crippen LogP contribution in [0.1, 0.15) is 53.8 Å². The summed E-state index contributed by atoms with van der Waals surface area (Å²) in [4.78, 5) is 54.1. The molecule has 0 bridgehead atoms. The lowest BCUT2D eigenvalue weighted by Crippen LogP contribution is -2.37. The van der Waals surface area contributed by atoms with Gasteiger partial charge >= 0.3 is 30.3 Å². The molecule has 3 heterocycles. The zero-order valence-corrected chi connectivity index (χ0v) is 36.4. The molecule has 6 rings (SSSR count). The van der Waals surface area contributed by atoms with Crippen molar-refractivity contribution in [3.63, 3.8) is 0 Å². The number of alkyl halides is 8. The second kappa shape index (κ2) is 19.1. The molecule has 1 aliphatic rings. The highest BCUT2D eigenvalue weighted by molar-refractivity contribution is 7.86. The lowest BCUT2D eigenvalue weighted by atomic mass is 9.93. The standard InChI is InChI=1S/C40H35ClF10N8O7S/c1-4-22-5-6-23(24-7-8-26(41)29-31(24)58(17-38(44,45)46)56-34(29)59(67(3)65)37(64)66-10-9-52-35(61)36(62)63)30(53-22)27(14-19-12-20(42)15-21(43)13-19)54-28(60)16-57-33-25(11-18(2)39(33,47)48)32(55-57)40(49,50)51/h5-8,12-13,15,18,27H,4,9-11,14,16-17H2,1-3H3,(H,52,61)(H,54,60)(H,62,63)/t18-,27?,67?/m1/s1. The Balaban J connectivity index is 1.52. The molecule has 5 aromatic rings. The first-order valence-electron chi connectivity index (χ1n) is 19.6. The van der Waals surface area contributed by atoms with Crippen molar-refractivity contribution < 1.29 is 77.1 Å². The minimum absolute atomic E-state index is 0.128. The molecule has 3 amide bonds. The Labute approximate surface area is 379 Å². The van der Waals surface area contributed by atoms with Crippen LogP contribution < -0.4 is 14.9 Å². The van der Waals surface area contributed by atoms with Crippen molar-refractivity contribution in [2.75, 3.05) is 23.7 Å². The van der Waals surface area contributed by atoms with Gasteiger partial charge in [0.15, 0.2) is 11.5 Å². The summed E-state index contributed by atoms with van der Waals surface area (Å²) >= 11 is 6.59. The zero-order valence-electron chi connectivity index (χ0n) is 34.8. The molecule has 1 aliphatic carbocycles. The average Bonchev–Trinajstić information content (AvgIpc) is 3.83. The number of aromatic nitrogens is 5. The molecule has 3 atom stereocenters. The number of ether oxygens (including phenoxy) is 1. The quantitative estimate of drug-likeness (QED) is 0.0583. The van der Waals surface area contributed by atoms with Crippen molar-refractivity contribution in [3.05, 3.63) is 93.0 Å². The maximum absolute atomic E-state index is 15.4. The summed E-state index contributed by atoms with van der Waals surface area (Å²) in [7, 11) is -2.48. The Morgan fingerprint density at radius 3 is 2.27 bits per heavy atom. The predicted molar refractivity (Wildman–Crippen MR) is 217 cm³/mol. The van der Waals surface area contributed by atoms with E-state index in [4.69, 9.17) is 21.4 Å².